The molecule has 0 aliphatic carbocycles. The van der Waals surface area contributed by atoms with Crippen LogP contribution in [-0.2, 0) is 6.18 Å². The number of halogens is 3. The zero-order valence-electron chi connectivity index (χ0n) is 9.65. The highest BCUT2D eigenvalue weighted by Gasteiger charge is 2.36. The predicted octanol–water partition coefficient (Wildman–Crippen LogP) is -0.795. The van der Waals surface area contributed by atoms with Crippen molar-refractivity contribution in [2.24, 2.45) is 0 Å². The molecule has 0 spiro atoms. The second kappa shape index (κ2) is 5.55. The van der Waals surface area contributed by atoms with Gasteiger partial charge in [0.15, 0.2) is 0 Å². The largest absolute Gasteiger partial charge is 0.451 e. The number of nitrogens with one attached hydrogen (secondary N) is 1. The van der Waals surface area contributed by atoms with E-state index in [2.05, 4.69) is 15.3 Å². The summed E-state index contributed by atoms with van der Waals surface area (Å²) >= 11 is 0. The minimum Gasteiger partial charge on any atom is -0.394 e. The number of anilines is 2. The lowest BCUT2D eigenvalue weighted by Crippen LogP contribution is -2.49. The molecule has 0 aliphatic heterocycles. The Balaban J connectivity index is 3.11. The van der Waals surface area contributed by atoms with Crippen LogP contribution in [0.5, 0.6) is 0 Å². The fourth-order valence-corrected chi connectivity index (χ4v) is 1.20. The van der Waals surface area contributed by atoms with Gasteiger partial charge < -0.3 is 26.4 Å². The van der Waals surface area contributed by atoms with Crippen molar-refractivity contribution in [1.82, 2.24) is 9.97 Å². The van der Waals surface area contributed by atoms with Crippen LogP contribution in [0.1, 0.15) is 5.82 Å². The van der Waals surface area contributed by atoms with Crippen molar-refractivity contribution in [2.45, 2.75) is 11.7 Å². The van der Waals surface area contributed by atoms with E-state index in [4.69, 9.17) is 21.1 Å². The maximum Gasteiger partial charge on any atom is 0.451 e. The summed E-state index contributed by atoms with van der Waals surface area (Å²) in [5, 5.41) is 29.5. The number of aromatic nitrogens is 2. The first-order chi connectivity index (χ1) is 8.76. The highest BCUT2D eigenvalue weighted by Crippen LogP contribution is 2.28. The fourth-order valence-electron chi connectivity index (χ4n) is 1.20. The molecule has 0 aromatic carbocycles. The molecular formula is C9H13F3N4O3. The number of nitrogens with zero attached hydrogens (tertiary/aromatic N) is 2. The van der Waals surface area contributed by atoms with Crippen molar-refractivity contribution < 1.29 is 28.5 Å². The SMILES string of the molecule is Nc1cc(NC(CO)(CO)CO)nc(C(F)(F)F)n1. The molecule has 19 heavy (non-hydrogen) atoms. The Hall–Kier alpha value is -1.65. The van der Waals surface area contributed by atoms with E-state index in [1.165, 1.54) is 0 Å². The van der Waals surface area contributed by atoms with Crippen molar-refractivity contribution in [3.63, 3.8) is 0 Å². The number of alkyl halides is 3. The molecule has 0 radical (unpaired) electrons. The van der Waals surface area contributed by atoms with Gasteiger partial charge in [0.2, 0.25) is 5.82 Å². The van der Waals surface area contributed by atoms with Crippen molar-refractivity contribution >= 4 is 11.6 Å². The third kappa shape index (κ3) is 3.66. The molecule has 0 saturated heterocycles. The minimum absolute atomic E-state index is 0.364. The molecule has 1 rings (SSSR count). The van der Waals surface area contributed by atoms with Crippen LogP contribution in [-0.4, -0.2) is 50.6 Å². The maximum absolute atomic E-state index is 12.5. The van der Waals surface area contributed by atoms with E-state index in [1.807, 2.05) is 0 Å². The first-order valence-electron chi connectivity index (χ1n) is 5.09. The molecule has 0 fully saturated rings. The number of nitrogens with two attached hydrogens (primary N) is 1. The number of aliphatic hydroxyl groups excluding tert-OH is 3. The first kappa shape index (κ1) is 15.4. The summed E-state index contributed by atoms with van der Waals surface area (Å²) in [5.41, 5.74) is 3.61. The van der Waals surface area contributed by atoms with Crippen LogP contribution in [0.3, 0.4) is 0 Å². The van der Waals surface area contributed by atoms with E-state index in [1.54, 1.807) is 0 Å². The van der Waals surface area contributed by atoms with E-state index in [0.29, 0.717) is 0 Å². The predicted molar refractivity (Wildman–Crippen MR) is 59.1 cm³/mol. The van der Waals surface area contributed by atoms with Gasteiger partial charge in [-0.05, 0) is 0 Å². The highest BCUT2D eigenvalue weighted by molar-refractivity contribution is 5.47. The van der Waals surface area contributed by atoms with Gasteiger partial charge in [-0.15, -0.1) is 0 Å². The van der Waals surface area contributed by atoms with Crippen LogP contribution in [0.15, 0.2) is 6.07 Å². The number of rotatable bonds is 5. The average Bonchev–Trinajstić information content (AvgIpc) is 2.34. The molecule has 6 N–H and O–H groups in total. The second-order valence-electron chi connectivity index (χ2n) is 3.88. The van der Waals surface area contributed by atoms with Crippen LogP contribution in [0.25, 0.3) is 0 Å². The molecule has 1 heterocycles. The van der Waals surface area contributed by atoms with E-state index in [0.717, 1.165) is 6.07 Å². The van der Waals surface area contributed by atoms with Gasteiger partial charge in [0.1, 0.15) is 17.2 Å². The van der Waals surface area contributed by atoms with Crippen LogP contribution in [0.4, 0.5) is 24.8 Å². The fraction of sp³-hybridized carbons (Fsp3) is 0.556. The van der Waals surface area contributed by atoms with E-state index < -0.39 is 43.2 Å². The van der Waals surface area contributed by atoms with Gasteiger partial charge in [0.25, 0.3) is 0 Å². The Bertz CT molecular complexity index is 429. The molecule has 0 amide bonds. The van der Waals surface area contributed by atoms with Gasteiger partial charge in [-0.25, -0.2) is 9.97 Å². The number of hydrogen-bond donors (Lipinski definition) is 5. The molecule has 10 heteroatoms. The molecule has 7 nitrogen and oxygen atoms in total. The second-order valence-corrected chi connectivity index (χ2v) is 3.88. The summed E-state index contributed by atoms with van der Waals surface area (Å²) in [5.74, 6) is -2.26. The molecule has 0 atom stereocenters. The monoisotopic (exact) mass is 282 g/mol. The zero-order valence-corrected chi connectivity index (χ0v) is 9.65. The van der Waals surface area contributed by atoms with Gasteiger partial charge in [0, 0.05) is 6.07 Å². The van der Waals surface area contributed by atoms with Gasteiger partial charge in [-0.3, -0.25) is 0 Å². The zero-order chi connectivity index (χ0) is 14.7. The summed E-state index contributed by atoms with van der Waals surface area (Å²) in [6.45, 7) is -2.15. The topological polar surface area (TPSA) is 125 Å². The van der Waals surface area contributed by atoms with E-state index >= 15 is 0 Å². The van der Waals surface area contributed by atoms with Crippen LogP contribution in [0, 0.1) is 0 Å². The Morgan fingerprint density at radius 1 is 1.11 bits per heavy atom. The third-order valence-corrected chi connectivity index (χ3v) is 2.30. The lowest BCUT2D eigenvalue weighted by molar-refractivity contribution is -0.144. The van der Waals surface area contributed by atoms with Crippen molar-refractivity contribution in [3.05, 3.63) is 11.9 Å². The number of nitrogen functional groups attached to an aromatic ring is 1. The van der Waals surface area contributed by atoms with Crippen LogP contribution < -0.4 is 11.1 Å². The van der Waals surface area contributed by atoms with Crippen molar-refractivity contribution in [1.29, 1.82) is 0 Å². The van der Waals surface area contributed by atoms with Gasteiger partial charge in [0.05, 0.1) is 19.8 Å². The summed E-state index contributed by atoms with van der Waals surface area (Å²) in [6, 6.07) is 0.991. The lowest BCUT2D eigenvalue weighted by atomic mass is 10.0. The van der Waals surface area contributed by atoms with Gasteiger partial charge >= 0.3 is 6.18 Å². The lowest BCUT2D eigenvalue weighted by Gasteiger charge is -2.29. The van der Waals surface area contributed by atoms with Crippen molar-refractivity contribution in [3.8, 4) is 0 Å². The summed E-state index contributed by atoms with van der Waals surface area (Å²) < 4.78 is 37.4. The first-order valence-corrected chi connectivity index (χ1v) is 5.09. The molecule has 0 saturated carbocycles. The van der Waals surface area contributed by atoms with E-state index in [-0.39, 0.29) is 5.82 Å². The van der Waals surface area contributed by atoms with Gasteiger partial charge in [-0.1, -0.05) is 0 Å². The molecular weight excluding hydrogens is 269 g/mol. The number of aliphatic hydroxyl groups is 3. The smallest absolute Gasteiger partial charge is 0.394 e. The molecule has 0 bridgehead atoms. The van der Waals surface area contributed by atoms with E-state index in [9.17, 15) is 13.2 Å². The quantitative estimate of drug-likeness (QED) is 0.479. The summed E-state index contributed by atoms with van der Waals surface area (Å²) in [6.07, 6.45) is -4.79. The number of hydrogen-bond acceptors (Lipinski definition) is 7. The summed E-state index contributed by atoms with van der Waals surface area (Å²) in [7, 11) is 0. The minimum atomic E-state index is -4.79. The molecule has 0 aliphatic rings. The van der Waals surface area contributed by atoms with Crippen LogP contribution in [0.2, 0.25) is 0 Å². The standard InChI is InChI=1S/C9H13F3N4O3/c10-9(11,12)7-14-5(13)1-6(15-7)16-8(2-17,3-18)4-19/h1,17-19H,2-4H2,(H3,13,14,15,16). The highest BCUT2D eigenvalue weighted by atomic mass is 19.4. The average molecular weight is 282 g/mol. The molecule has 1 aromatic heterocycles. The molecule has 108 valence electrons. The normalized spacial score (nSPS) is 12.5. The Labute approximate surface area is 105 Å². The molecule has 1 aromatic rings. The van der Waals surface area contributed by atoms with Gasteiger partial charge in [-0.2, -0.15) is 13.2 Å². The maximum atomic E-state index is 12.5. The summed E-state index contributed by atoms with van der Waals surface area (Å²) in [4.78, 5) is 6.20. The molecule has 0 unspecified atom stereocenters. The Kier molecular flexibility index (Phi) is 4.50. The third-order valence-electron chi connectivity index (χ3n) is 2.30. The van der Waals surface area contributed by atoms with Crippen molar-refractivity contribution in [2.75, 3.05) is 30.9 Å². The van der Waals surface area contributed by atoms with Crippen LogP contribution >= 0.6 is 0 Å². The Morgan fingerprint density at radius 3 is 2.05 bits per heavy atom. The Morgan fingerprint density at radius 2 is 1.63 bits per heavy atom.